The van der Waals surface area contributed by atoms with Gasteiger partial charge in [0.2, 0.25) is 0 Å². The second-order valence-corrected chi connectivity index (χ2v) is 10.7. The number of aldehydes is 1. The molecule has 0 aliphatic carbocycles. The smallest absolute Gasteiger partial charge is 0.404 e. The zero-order valence-electron chi connectivity index (χ0n) is 23.4. The summed E-state index contributed by atoms with van der Waals surface area (Å²) in [5.41, 5.74) is 12.7. The maximum Gasteiger partial charge on any atom is 0.404 e. The first-order valence-corrected chi connectivity index (χ1v) is 12.1. The lowest BCUT2D eigenvalue weighted by Crippen LogP contribution is -2.18. The Morgan fingerprint density at radius 1 is 0.829 bits per heavy atom. The van der Waals surface area contributed by atoms with Crippen LogP contribution in [-0.2, 0) is 33.5 Å². The van der Waals surface area contributed by atoms with Crippen molar-refractivity contribution < 1.29 is 29.1 Å². The molecule has 0 spiro atoms. The number of rotatable bonds is 6. The highest BCUT2D eigenvalue weighted by atomic mass is 16.5. The van der Waals surface area contributed by atoms with Crippen molar-refractivity contribution in [3.05, 3.63) is 46.3 Å². The standard InChI is InChI=1S/C12H16N6O3.C12H15N5O3/c1-12(2,3)7-4-9-15-16-10(6-21-11(13)19)18(9)17-8(7)5-14-20;1-12(2,3)7-4-9-14-15-10(6-20-11(13)19)17(9)16-8(7)5-18/h4-5,20H,6H2,1-3H3,(H2,13,19);4-5H,6H2,1-3H3,(H2,13,19)/b14-5+;. The highest BCUT2D eigenvalue weighted by Crippen LogP contribution is 2.26. The molecule has 4 aromatic heterocycles. The normalized spacial score (nSPS) is 11.9. The third-order valence-electron chi connectivity index (χ3n) is 5.57. The molecule has 17 nitrogen and oxygen atoms in total. The van der Waals surface area contributed by atoms with Crippen LogP contribution in [0.5, 0.6) is 0 Å². The number of nitrogens with zero attached hydrogens (tertiary/aromatic N) is 9. The minimum absolute atomic E-state index is 0.145. The van der Waals surface area contributed by atoms with Crippen LogP contribution in [0.4, 0.5) is 9.59 Å². The lowest BCUT2D eigenvalue weighted by Gasteiger charge is -2.20. The molecule has 0 bridgehead atoms. The molecular formula is C24H31N11O6. The van der Waals surface area contributed by atoms with Crippen LogP contribution < -0.4 is 11.5 Å². The van der Waals surface area contributed by atoms with E-state index >= 15 is 0 Å². The molecule has 4 aromatic rings. The molecule has 0 saturated heterocycles. The molecule has 4 heterocycles. The van der Waals surface area contributed by atoms with E-state index in [0.29, 0.717) is 40.6 Å². The minimum Gasteiger partial charge on any atom is -0.441 e. The topological polar surface area (TPSA) is 240 Å². The fourth-order valence-electron chi connectivity index (χ4n) is 3.67. The fraction of sp³-hybridized carbons (Fsp3) is 0.417. The summed E-state index contributed by atoms with van der Waals surface area (Å²) in [7, 11) is 0. The number of carbonyl (C=O) groups is 3. The largest absolute Gasteiger partial charge is 0.441 e. The Kier molecular flexibility index (Phi) is 8.79. The van der Waals surface area contributed by atoms with Gasteiger partial charge >= 0.3 is 12.2 Å². The summed E-state index contributed by atoms with van der Waals surface area (Å²) in [5.74, 6) is 0.610. The molecule has 5 N–H and O–H groups in total. The van der Waals surface area contributed by atoms with Crippen LogP contribution >= 0.6 is 0 Å². The highest BCUT2D eigenvalue weighted by Gasteiger charge is 2.23. The van der Waals surface area contributed by atoms with E-state index in [-0.39, 0.29) is 24.0 Å². The van der Waals surface area contributed by atoms with Gasteiger partial charge < -0.3 is 26.1 Å². The lowest BCUT2D eigenvalue weighted by atomic mass is 9.86. The van der Waals surface area contributed by atoms with E-state index in [4.69, 9.17) is 16.7 Å². The summed E-state index contributed by atoms with van der Waals surface area (Å²) in [6, 6.07) is 3.54. The van der Waals surface area contributed by atoms with Gasteiger partial charge in [0.25, 0.3) is 0 Å². The van der Waals surface area contributed by atoms with Crippen molar-refractivity contribution in [3.63, 3.8) is 0 Å². The van der Waals surface area contributed by atoms with Gasteiger partial charge in [-0.25, -0.2) is 9.59 Å². The number of amides is 2. The lowest BCUT2D eigenvalue weighted by molar-refractivity contribution is 0.111. The van der Waals surface area contributed by atoms with E-state index in [0.717, 1.165) is 11.1 Å². The molecule has 0 unspecified atom stereocenters. The van der Waals surface area contributed by atoms with Gasteiger partial charge in [0.05, 0.1) is 6.21 Å². The number of hydrogen-bond donors (Lipinski definition) is 3. The Morgan fingerprint density at radius 2 is 1.24 bits per heavy atom. The SMILES string of the molecule is CC(C)(C)c1cc2nnc(COC(N)=O)n2nc1/C=N/O.CC(C)(C)c1cc2nnc(COC(N)=O)n2nc1C=O. The second-order valence-electron chi connectivity index (χ2n) is 10.7. The third kappa shape index (κ3) is 7.25. The molecular weight excluding hydrogens is 538 g/mol. The van der Waals surface area contributed by atoms with Crippen LogP contribution in [0.1, 0.15) is 80.5 Å². The summed E-state index contributed by atoms with van der Waals surface area (Å²) >= 11 is 0. The molecule has 2 amide bonds. The van der Waals surface area contributed by atoms with E-state index in [2.05, 4.69) is 45.2 Å². The average Bonchev–Trinajstić information content (AvgIpc) is 3.47. The highest BCUT2D eigenvalue weighted by molar-refractivity contribution is 5.79. The van der Waals surface area contributed by atoms with Crippen LogP contribution in [0.15, 0.2) is 17.3 Å². The summed E-state index contributed by atoms with van der Waals surface area (Å²) < 4.78 is 12.1. The van der Waals surface area contributed by atoms with Crippen LogP contribution in [-0.4, -0.2) is 69.5 Å². The van der Waals surface area contributed by atoms with E-state index in [9.17, 15) is 14.4 Å². The number of oxime groups is 1. The third-order valence-corrected chi connectivity index (χ3v) is 5.57. The molecule has 0 saturated carbocycles. The number of aromatic nitrogens is 8. The predicted molar refractivity (Wildman–Crippen MR) is 142 cm³/mol. The van der Waals surface area contributed by atoms with Crippen molar-refractivity contribution in [1.82, 2.24) is 39.6 Å². The van der Waals surface area contributed by atoms with Gasteiger partial charge in [-0.3, -0.25) is 4.79 Å². The van der Waals surface area contributed by atoms with E-state index < -0.39 is 12.2 Å². The van der Waals surface area contributed by atoms with E-state index in [1.165, 1.54) is 15.2 Å². The second kappa shape index (κ2) is 11.9. The van der Waals surface area contributed by atoms with E-state index in [1.807, 2.05) is 41.5 Å². The first kappa shape index (κ1) is 30.3. The van der Waals surface area contributed by atoms with Crippen LogP contribution in [0.2, 0.25) is 0 Å². The van der Waals surface area contributed by atoms with Gasteiger partial charge in [0.15, 0.2) is 42.4 Å². The molecule has 0 fully saturated rings. The van der Waals surface area contributed by atoms with Gasteiger partial charge in [-0.2, -0.15) is 19.2 Å². The maximum absolute atomic E-state index is 11.2. The summed E-state index contributed by atoms with van der Waals surface area (Å²) in [5, 5.41) is 36.0. The predicted octanol–water partition coefficient (Wildman–Crippen LogP) is 1.65. The first-order valence-electron chi connectivity index (χ1n) is 12.1. The monoisotopic (exact) mass is 569 g/mol. The molecule has 0 aliphatic heterocycles. The zero-order valence-corrected chi connectivity index (χ0v) is 23.4. The average molecular weight is 570 g/mol. The fourth-order valence-corrected chi connectivity index (χ4v) is 3.67. The molecule has 17 heteroatoms. The first-order chi connectivity index (χ1) is 19.1. The van der Waals surface area contributed by atoms with Crippen molar-refractivity contribution >= 4 is 36.0 Å². The van der Waals surface area contributed by atoms with Gasteiger partial charge in [0.1, 0.15) is 11.4 Å². The molecule has 0 atom stereocenters. The van der Waals surface area contributed by atoms with Gasteiger partial charge in [0, 0.05) is 0 Å². The Hall–Kier alpha value is -5.22. The Balaban J connectivity index is 0.000000226. The van der Waals surface area contributed by atoms with Crippen molar-refractivity contribution in [2.24, 2.45) is 16.6 Å². The molecule has 218 valence electrons. The molecule has 0 aromatic carbocycles. The summed E-state index contributed by atoms with van der Waals surface area (Å²) in [6.07, 6.45) is 0.0937. The van der Waals surface area contributed by atoms with Crippen LogP contribution in [0.25, 0.3) is 11.3 Å². The Morgan fingerprint density at radius 3 is 1.61 bits per heavy atom. The maximum atomic E-state index is 11.2. The van der Waals surface area contributed by atoms with Crippen molar-refractivity contribution in [2.75, 3.05) is 0 Å². The van der Waals surface area contributed by atoms with Crippen molar-refractivity contribution in [3.8, 4) is 0 Å². The van der Waals surface area contributed by atoms with Gasteiger partial charge in [-0.05, 0) is 34.1 Å². The van der Waals surface area contributed by atoms with Crippen molar-refractivity contribution in [2.45, 2.75) is 65.6 Å². The number of fused-ring (bicyclic) bond motifs is 2. The van der Waals surface area contributed by atoms with Gasteiger partial charge in [-0.1, -0.05) is 46.7 Å². The van der Waals surface area contributed by atoms with Crippen LogP contribution in [0.3, 0.4) is 0 Å². The molecule has 4 rings (SSSR count). The Labute approximate surface area is 233 Å². The number of nitrogens with two attached hydrogens (primary N) is 2. The van der Waals surface area contributed by atoms with Crippen molar-refractivity contribution in [1.29, 1.82) is 0 Å². The Bertz CT molecular complexity index is 1610. The number of carbonyl (C=O) groups excluding carboxylic acids is 3. The summed E-state index contributed by atoms with van der Waals surface area (Å²) in [6.45, 7) is 11.6. The number of primary amides is 2. The molecule has 0 aliphatic rings. The van der Waals surface area contributed by atoms with E-state index in [1.54, 1.807) is 12.1 Å². The summed E-state index contributed by atoms with van der Waals surface area (Å²) in [4.78, 5) is 32.5. The quantitative estimate of drug-likeness (QED) is 0.130. The number of hydrogen-bond acceptors (Lipinski definition) is 13. The molecule has 41 heavy (non-hydrogen) atoms. The van der Waals surface area contributed by atoms with Crippen LogP contribution in [0, 0.1) is 0 Å². The minimum atomic E-state index is -0.913. The molecule has 0 radical (unpaired) electrons. The zero-order chi connectivity index (χ0) is 30.5. The van der Waals surface area contributed by atoms with Gasteiger partial charge in [-0.15, -0.1) is 20.4 Å². The number of ether oxygens (including phenoxy) is 2.